The summed E-state index contributed by atoms with van der Waals surface area (Å²) in [6.07, 6.45) is 0. The number of ether oxygens (including phenoxy) is 2. The van der Waals surface area contributed by atoms with Crippen molar-refractivity contribution in [1.82, 2.24) is 4.31 Å². The lowest BCUT2D eigenvalue weighted by Gasteiger charge is -2.21. The maximum absolute atomic E-state index is 13.0. The number of methoxy groups -OCH3 is 2. The molecule has 0 aliphatic carbocycles. The van der Waals surface area contributed by atoms with Crippen molar-refractivity contribution in [2.45, 2.75) is 25.3 Å². The molecule has 136 valence electrons. The molecule has 0 fully saturated rings. The Morgan fingerprint density at radius 3 is 2.28 bits per heavy atom. The summed E-state index contributed by atoms with van der Waals surface area (Å²) in [6, 6.07) is 10.5. The predicted molar refractivity (Wildman–Crippen MR) is 102 cm³/mol. The van der Waals surface area contributed by atoms with Gasteiger partial charge in [0.25, 0.3) is 0 Å². The largest absolute Gasteiger partial charge is 0.493 e. The molecule has 7 heteroatoms. The van der Waals surface area contributed by atoms with E-state index >= 15 is 0 Å². The normalized spacial score (nSPS) is 11.6. The van der Waals surface area contributed by atoms with Crippen molar-refractivity contribution in [3.63, 3.8) is 0 Å². The molecule has 0 aliphatic heterocycles. The van der Waals surface area contributed by atoms with Crippen molar-refractivity contribution < 1.29 is 17.9 Å². The molecule has 0 aromatic heterocycles. The average molecular weight is 428 g/mol. The summed E-state index contributed by atoms with van der Waals surface area (Å²) in [5.74, 6) is 1.19. The number of benzene rings is 2. The van der Waals surface area contributed by atoms with Gasteiger partial charge in [-0.3, -0.25) is 0 Å². The van der Waals surface area contributed by atoms with Gasteiger partial charge in [0, 0.05) is 17.6 Å². The van der Waals surface area contributed by atoms with Gasteiger partial charge in [-0.15, -0.1) is 0 Å². The topological polar surface area (TPSA) is 55.8 Å². The summed E-state index contributed by atoms with van der Waals surface area (Å²) in [7, 11) is -0.462. The number of hydrogen-bond acceptors (Lipinski definition) is 4. The highest BCUT2D eigenvalue weighted by atomic mass is 79.9. The summed E-state index contributed by atoms with van der Waals surface area (Å²) in [4.78, 5) is 0.288. The van der Waals surface area contributed by atoms with Gasteiger partial charge in [-0.05, 0) is 48.4 Å². The second-order valence-electron chi connectivity index (χ2n) is 5.53. The molecule has 0 saturated carbocycles. The van der Waals surface area contributed by atoms with Crippen molar-refractivity contribution in [3.05, 3.63) is 52.0 Å². The summed E-state index contributed by atoms with van der Waals surface area (Å²) >= 11 is 3.40. The Kier molecular flexibility index (Phi) is 6.48. The number of aryl methyl sites for hydroxylation is 1. The van der Waals surface area contributed by atoms with E-state index in [0.29, 0.717) is 18.0 Å². The first-order valence-corrected chi connectivity index (χ1v) is 10.0. The zero-order valence-corrected chi connectivity index (χ0v) is 17.1. The van der Waals surface area contributed by atoms with E-state index in [1.54, 1.807) is 44.6 Å². The molecule has 0 spiro atoms. The maximum atomic E-state index is 13.0. The van der Waals surface area contributed by atoms with E-state index in [4.69, 9.17) is 9.47 Å². The number of rotatable bonds is 7. The van der Waals surface area contributed by atoms with Crippen molar-refractivity contribution >= 4 is 26.0 Å². The van der Waals surface area contributed by atoms with E-state index in [9.17, 15) is 8.42 Å². The fraction of sp³-hybridized carbons (Fsp3) is 0.333. The third-order valence-electron chi connectivity index (χ3n) is 3.93. The molecule has 25 heavy (non-hydrogen) atoms. The highest BCUT2D eigenvalue weighted by molar-refractivity contribution is 9.10. The predicted octanol–water partition coefficient (Wildman–Crippen LogP) is 3.99. The smallest absolute Gasteiger partial charge is 0.243 e. The lowest BCUT2D eigenvalue weighted by atomic mass is 10.2. The molecule has 2 aromatic carbocycles. The third kappa shape index (κ3) is 4.34. The molecule has 2 rings (SSSR count). The molecule has 0 radical (unpaired) electrons. The van der Waals surface area contributed by atoms with Crippen molar-refractivity contribution in [3.8, 4) is 11.5 Å². The van der Waals surface area contributed by atoms with Crippen LogP contribution in [0.4, 0.5) is 0 Å². The van der Waals surface area contributed by atoms with Crippen LogP contribution in [0.5, 0.6) is 11.5 Å². The highest BCUT2D eigenvalue weighted by Gasteiger charge is 2.24. The van der Waals surface area contributed by atoms with E-state index in [1.165, 1.54) is 4.31 Å². The van der Waals surface area contributed by atoms with E-state index in [2.05, 4.69) is 15.9 Å². The van der Waals surface area contributed by atoms with E-state index in [0.717, 1.165) is 15.6 Å². The van der Waals surface area contributed by atoms with Gasteiger partial charge in [-0.25, -0.2) is 8.42 Å². The van der Waals surface area contributed by atoms with Crippen molar-refractivity contribution in [1.29, 1.82) is 0 Å². The molecular weight excluding hydrogens is 406 g/mol. The van der Waals surface area contributed by atoms with Crippen LogP contribution in [0.15, 0.2) is 45.8 Å². The Hall–Kier alpha value is -1.57. The first-order valence-electron chi connectivity index (χ1n) is 7.80. The minimum absolute atomic E-state index is 0.258. The molecule has 0 amide bonds. The Morgan fingerprint density at radius 2 is 1.72 bits per heavy atom. The van der Waals surface area contributed by atoms with E-state index in [-0.39, 0.29) is 11.4 Å². The lowest BCUT2D eigenvalue weighted by Crippen LogP contribution is -2.30. The van der Waals surface area contributed by atoms with Gasteiger partial charge >= 0.3 is 0 Å². The van der Waals surface area contributed by atoms with Crippen LogP contribution in [0.25, 0.3) is 0 Å². The SMILES string of the molecule is CCN(Cc1ccc(OC)c(OC)c1)S(=O)(=O)c1ccc(Br)c(C)c1. The molecule has 0 atom stereocenters. The number of sulfonamides is 1. The van der Waals surface area contributed by atoms with Crippen LogP contribution >= 0.6 is 15.9 Å². The number of hydrogen-bond donors (Lipinski definition) is 0. The van der Waals surface area contributed by atoms with Crippen LogP contribution in [0, 0.1) is 6.92 Å². The summed E-state index contributed by atoms with van der Waals surface area (Å²) < 4.78 is 38.8. The van der Waals surface area contributed by atoms with Gasteiger partial charge < -0.3 is 9.47 Å². The summed E-state index contributed by atoms with van der Waals surface area (Å²) in [6.45, 7) is 4.32. The zero-order valence-electron chi connectivity index (χ0n) is 14.7. The standard InChI is InChI=1S/C18H22BrNO4S/c1-5-20(12-14-6-9-17(23-3)18(11-14)24-4)25(21,22)15-7-8-16(19)13(2)10-15/h6-11H,5,12H2,1-4H3. The first kappa shape index (κ1) is 19.8. The molecule has 0 bridgehead atoms. The van der Waals surface area contributed by atoms with Crippen LogP contribution in [0.1, 0.15) is 18.1 Å². The fourth-order valence-corrected chi connectivity index (χ4v) is 4.25. The first-order chi connectivity index (χ1) is 11.8. The minimum atomic E-state index is -3.58. The number of halogens is 1. The monoisotopic (exact) mass is 427 g/mol. The fourth-order valence-electron chi connectivity index (χ4n) is 2.48. The Morgan fingerprint density at radius 1 is 1.04 bits per heavy atom. The number of nitrogens with zero attached hydrogens (tertiary/aromatic N) is 1. The van der Waals surface area contributed by atoms with Gasteiger partial charge in [-0.1, -0.05) is 28.9 Å². The molecule has 0 N–H and O–H groups in total. The molecular formula is C18H22BrNO4S. The zero-order chi connectivity index (χ0) is 18.6. The van der Waals surface area contributed by atoms with Crippen molar-refractivity contribution in [2.75, 3.05) is 20.8 Å². The van der Waals surface area contributed by atoms with E-state index in [1.807, 2.05) is 19.9 Å². The molecule has 0 heterocycles. The average Bonchev–Trinajstić information content (AvgIpc) is 2.61. The van der Waals surface area contributed by atoms with Crippen LogP contribution in [0.3, 0.4) is 0 Å². The van der Waals surface area contributed by atoms with Gasteiger partial charge in [-0.2, -0.15) is 4.31 Å². The lowest BCUT2D eigenvalue weighted by molar-refractivity contribution is 0.353. The summed E-state index contributed by atoms with van der Waals surface area (Å²) in [5, 5.41) is 0. The second kappa shape index (κ2) is 8.21. The Bertz CT molecular complexity index is 852. The van der Waals surface area contributed by atoms with Crippen molar-refractivity contribution in [2.24, 2.45) is 0 Å². The Labute approximate surface area is 157 Å². The molecule has 0 unspecified atom stereocenters. The molecule has 2 aromatic rings. The second-order valence-corrected chi connectivity index (χ2v) is 8.32. The third-order valence-corrected chi connectivity index (χ3v) is 6.73. The van der Waals surface area contributed by atoms with Crippen LogP contribution < -0.4 is 9.47 Å². The summed E-state index contributed by atoms with van der Waals surface area (Å²) in [5.41, 5.74) is 1.71. The quantitative estimate of drug-likeness (QED) is 0.670. The minimum Gasteiger partial charge on any atom is -0.493 e. The Balaban J connectivity index is 2.34. The van der Waals surface area contributed by atoms with Gasteiger partial charge in [0.1, 0.15) is 0 Å². The highest BCUT2D eigenvalue weighted by Crippen LogP contribution is 2.29. The van der Waals surface area contributed by atoms with Crippen LogP contribution in [-0.4, -0.2) is 33.5 Å². The molecule has 5 nitrogen and oxygen atoms in total. The van der Waals surface area contributed by atoms with Gasteiger partial charge in [0.05, 0.1) is 19.1 Å². The van der Waals surface area contributed by atoms with E-state index < -0.39 is 10.0 Å². The van der Waals surface area contributed by atoms with Crippen LogP contribution in [-0.2, 0) is 16.6 Å². The van der Waals surface area contributed by atoms with Gasteiger partial charge in [0.2, 0.25) is 10.0 Å². The maximum Gasteiger partial charge on any atom is 0.243 e. The molecule has 0 saturated heterocycles. The van der Waals surface area contributed by atoms with Crippen LogP contribution in [0.2, 0.25) is 0 Å². The molecule has 0 aliphatic rings. The van der Waals surface area contributed by atoms with Gasteiger partial charge in [0.15, 0.2) is 11.5 Å².